The van der Waals surface area contributed by atoms with Gasteiger partial charge in [0.25, 0.3) is 0 Å². The molecular weight excluding hydrogens is 413 g/mol. The van der Waals surface area contributed by atoms with E-state index in [4.69, 9.17) is 23.2 Å². The van der Waals surface area contributed by atoms with Crippen LogP contribution in [0.3, 0.4) is 0 Å². The lowest BCUT2D eigenvalue weighted by atomic mass is 10.1. The highest BCUT2D eigenvalue weighted by Gasteiger charge is 2.60. The number of allylic oxidation sites excluding steroid dienone is 1. The quantitative estimate of drug-likeness (QED) is 0.691. The van der Waals surface area contributed by atoms with Crippen molar-refractivity contribution in [3.63, 3.8) is 0 Å². The molecule has 0 saturated heterocycles. The van der Waals surface area contributed by atoms with Crippen molar-refractivity contribution in [2.45, 2.75) is 23.9 Å². The predicted octanol–water partition coefficient (Wildman–Crippen LogP) is 4.38. The van der Waals surface area contributed by atoms with Crippen LogP contribution in [0.25, 0.3) is 0 Å². The van der Waals surface area contributed by atoms with E-state index in [-0.39, 0.29) is 27.6 Å². The molecule has 3 rings (SSSR count). The predicted molar refractivity (Wildman–Crippen MR) is 106 cm³/mol. The molecule has 3 atom stereocenters. The Morgan fingerprint density at radius 1 is 1.31 bits per heavy atom. The summed E-state index contributed by atoms with van der Waals surface area (Å²) in [5.41, 5.74) is 0.738. The van der Waals surface area contributed by atoms with Gasteiger partial charge in [0, 0.05) is 0 Å². The molecule has 1 fully saturated rings. The molecule has 1 aromatic heterocycles. The van der Waals surface area contributed by atoms with E-state index in [1.54, 1.807) is 6.08 Å². The van der Waals surface area contributed by atoms with Gasteiger partial charge in [0.2, 0.25) is 15.4 Å². The molecule has 1 aliphatic carbocycles. The average Bonchev–Trinajstić information content (AvgIpc) is 2.92. The molecular formula is C17H17Cl2N3O2S2. The first-order valence-corrected chi connectivity index (χ1v) is 10.8. The van der Waals surface area contributed by atoms with E-state index in [0.717, 1.165) is 16.9 Å². The normalized spacial score (nSPS) is 21.7. The van der Waals surface area contributed by atoms with Crippen molar-refractivity contribution in [2.75, 3.05) is 5.32 Å². The smallest absolute Gasteiger partial charge is 0.230 e. The molecule has 0 bridgehead atoms. The van der Waals surface area contributed by atoms with E-state index in [0.29, 0.717) is 15.2 Å². The van der Waals surface area contributed by atoms with Crippen LogP contribution in [-0.4, -0.2) is 20.3 Å². The molecule has 26 heavy (non-hydrogen) atoms. The Bertz CT molecular complexity index is 864. The lowest BCUT2D eigenvalue weighted by molar-refractivity contribution is -0.118. The van der Waals surface area contributed by atoms with Crippen molar-refractivity contribution in [3.05, 3.63) is 46.5 Å². The van der Waals surface area contributed by atoms with Gasteiger partial charge >= 0.3 is 0 Å². The molecule has 0 unspecified atom stereocenters. The SMILES string of the molecule is CC1(C)[C@H](C=C(Cl)Cl)[C@H]1C(=O)Nc1nnc([S@@](=O)Cc2ccccc2)s1. The topological polar surface area (TPSA) is 72.0 Å². The first-order valence-electron chi connectivity index (χ1n) is 7.88. The van der Waals surface area contributed by atoms with Crippen LogP contribution >= 0.6 is 34.5 Å². The lowest BCUT2D eigenvalue weighted by Gasteiger charge is -2.02. The van der Waals surface area contributed by atoms with E-state index in [1.807, 2.05) is 44.2 Å². The Morgan fingerprint density at radius 2 is 2.00 bits per heavy atom. The minimum Gasteiger partial charge on any atom is -0.300 e. The van der Waals surface area contributed by atoms with Crippen LogP contribution in [-0.2, 0) is 21.3 Å². The number of carbonyl (C=O) groups is 1. The van der Waals surface area contributed by atoms with Crippen LogP contribution in [0.1, 0.15) is 19.4 Å². The maximum atomic E-state index is 12.5. The third-order valence-corrected chi connectivity index (χ3v) is 7.23. The first-order chi connectivity index (χ1) is 12.3. The fourth-order valence-electron chi connectivity index (χ4n) is 2.95. The highest BCUT2D eigenvalue weighted by molar-refractivity contribution is 7.86. The molecule has 1 N–H and O–H groups in total. The number of hydrogen-bond donors (Lipinski definition) is 1. The zero-order chi connectivity index (χ0) is 18.9. The highest BCUT2D eigenvalue weighted by atomic mass is 35.5. The van der Waals surface area contributed by atoms with Gasteiger partial charge in [0.05, 0.1) is 22.5 Å². The maximum absolute atomic E-state index is 12.5. The summed E-state index contributed by atoms with van der Waals surface area (Å²) in [6, 6.07) is 9.52. The van der Waals surface area contributed by atoms with E-state index < -0.39 is 10.8 Å². The van der Waals surface area contributed by atoms with Gasteiger partial charge in [-0.05, 0) is 23.0 Å². The summed E-state index contributed by atoms with van der Waals surface area (Å²) in [6.45, 7) is 3.96. The van der Waals surface area contributed by atoms with Crippen molar-refractivity contribution in [3.8, 4) is 0 Å². The third-order valence-electron chi connectivity index (χ3n) is 4.47. The van der Waals surface area contributed by atoms with E-state index >= 15 is 0 Å². The number of rotatable bonds is 6. The number of nitrogens with one attached hydrogen (secondary N) is 1. The van der Waals surface area contributed by atoms with Gasteiger partial charge in [-0.15, -0.1) is 10.2 Å². The molecule has 1 aromatic carbocycles. The summed E-state index contributed by atoms with van der Waals surface area (Å²) in [7, 11) is -1.30. The fourth-order valence-corrected chi connectivity index (χ4v) is 5.24. The van der Waals surface area contributed by atoms with Crippen LogP contribution in [0.4, 0.5) is 5.13 Å². The van der Waals surface area contributed by atoms with Gasteiger partial charge in [-0.1, -0.05) is 78.7 Å². The summed E-state index contributed by atoms with van der Waals surface area (Å²) in [5.74, 6) is -0.0631. The molecule has 1 amide bonds. The van der Waals surface area contributed by atoms with Gasteiger partial charge in [-0.2, -0.15) is 0 Å². The zero-order valence-electron chi connectivity index (χ0n) is 14.1. The first kappa shape index (κ1) is 19.5. The van der Waals surface area contributed by atoms with Gasteiger partial charge in [-0.3, -0.25) is 9.00 Å². The Morgan fingerprint density at radius 3 is 2.65 bits per heavy atom. The zero-order valence-corrected chi connectivity index (χ0v) is 17.3. The minimum atomic E-state index is -1.30. The number of halogens is 2. The number of hydrogen-bond acceptors (Lipinski definition) is 5. The number of benzene rings is 1. The number of anilines is 1. The molecule has 5 nitrogen and oxygen atoms in total. The van der Waals surface area contributed by atoms with Gasteiger partial charge in [0.1, 0.15) is 4.49 Å². The van der Waals surface area contributed by atoms with Gasteiger partial charge in [-0.25, -0.2) is 0 Å². The van der Waals surface area contributed by atoms with Crippen LogP contribution in [0.5, 0.6) is 0 Å². The number of aromatic nitrogens is 2. The molecule has 1 saturated carbocycles. The van der Waals surface area contributed by atoms with E-state index in [9.17, 15) is 9.00 Å². The van der Waals surface area contributed by atoms with Crippen molar-refractivity contribution in [2.24, 2.45) is 17.3 Å². The Kier molecular flexibility index (Phi) is 5.81. The standard InChI is InChI=1S/C17H17Cl2N3O2S2/c1-17(2)11(8-12(18)19)13(17)14(23)20-15-21-22-16(25-15)26(24)9-10-6-4-3-5-7-10/h3-8,11,13H,9H2,1-2H3,(H,20,21,23)/t11-,13+,26+/m1/s1. The summed E-state index contributed by atoms with van der Waals surface area (Å²) in [5, 5.41) is 11.0. The van der Waals surface area contributed by atoms with Crippen LogP contribution in [0.15, 0.2) is 45.2 Å². The Balaban J connectivity index is 1.63. The molecule has 0 spiro atoms. The van der Waals surface area contributed by atoms with Crippen LogP contribution in [0.2, 0.25) is 0 Å². The average molecular weight is 430 g/mol. The molecule has 0 radical (unpaired) electrons. The maximum Gasteiger partial charge on any atom is 0.230 e. The summed E-state index contributed by atoms with van der Waals surface area (Å²) in [6.07, 6.45) is 1.69. The van der Waals surface area contributed by atoms with Gasteiger partial charge in [0.15, 0.2) is 0 Å². The minimum absolute atomic E-state index is 0.0212. The molecule has 1 heterocycles. The van der Waals surface area contributed by atoms with E-state index in [2.05, 4.69) is 15.5 Å². The van der Waals surface area contributed by atoms with Crippen molar-refractivity contribution < 1.29 is 9.00 Å². The fraction of sp³-hybridized carbons (Fsp3) is 0.353. The third kappa shape index (κ3) is 4.34. The molecule has 9 heteroatoms. The van der Waals surface area contributed by atoms with Crippen molar-refractivity contribution >= 4 is 56.4 Å². The Labute approximate surface area is 168 Å². The molecule has 0 aliphatic heterocycles. The largest absolute Gasteiger partial charge is 0.300 e. The second-order valence-corrected chi connectivity index (χ2v) is 10.2. The summed E-state index contributed by atoms with van der Waals surface area (Å²) < 4.78 is 13.0. The molecule has 1 aliphatic rings. The highest BCUT2D eigenvalue weighted by Crippen LogP contribution is 2.60. The van der Waals surface area contributed by atoms with E-state index in [1.165, 1.54) is 0 Å². The number of carbonyl (C=O) groups excluding carboxylic acids is 1. The van der Waals surface area contributed by atoms with Crippen LogP contribution < -0.4 is 5.32 Å². The second kappa shape index (κ2) is 7.76. The molecule has 138 valence electrons. The number of nitrogens with zero attached hydrogens (tertiary/aromatic N) is 2. The molecule has 2 aromatic rings. The van der Waals surface area contributed by atoms with Crippen molar-refractivity contribution in [1.82, 2.24) is 10.2 Å². The second-order valence-electron chi connectivity index (χ2n) is 6.62. The lowest BCUT2D eigenvalue weighted by Crippen LogP contribution is -2.16. The summed E-state index contributed by atoms with van der Waals surface area (Å²) in [4.78, 5) is 12.5. The number of amides is 1. The van der Waals surface area contributed by atoms with Crippen molar-refractivity contribution in [1.29, 1.82) is 0 Å². The Hall–Kier alpha value is -1.28. The van der Waals surface area contributed by atoms with Gasteiger partial charge < -0.3 is 5.32 Å². The summed E-state index contributed by atoms with van der Waals surface area (Å²) >= 11 is 12.6. The van der Waals surface area contributed by atoms with Crippen LogP contribution in [0, 0.1) is 17.3 Å². The monoisotopic (exact) mass is 429 g/mol.